The number of benzene rings is 1. The number of nitro groups is 1. The third kappa shape index (κ3) is 5.04. The molecule has 0 fully saturated rings. The summed E-state index contributed by atoms with van der Waals surface area (Å²) in [5.74, 6) is 0.113. The van der Waals surface area contributed by atoms with E-state index in [9.17, 15) is 20.3 Å². The molecular formula is C17H27NO8. The average Bonchev–Trinajstić information content (AvgIpc) is 2.62. The van der Waals surface area contributed by atoms with Gasteiger partial charge >= 0.3 is 5.69 Å². The van der Waals surface area contributed by atoms with E-state index in [2.05, 4.69) is 0 Å². The number of ether oxygens (including phenoxy) is 4. The van der Waals surface area contributed by atoms with Crippen LogP contribution in [0.4, 0.5) is 5.69 Å². The first kappa shape index (κ1) is 22.1. The molecule has 148 valence electrons. The number of aliphatic hydroxyl groups is 2. The van der Waals surface area contributed by atoms with Gasteiger partial charge in [0.15, 0.2) is 0 Å². The van der Waals surface area contributed by atoms with Gasteiger partial charge in [-0.25, -0.2) is 0 Å². The highest BCUT2D eigenvalue weighted by molar-refractivity contribution is 5.57. The van der Waals surface area contributed by atoms with Gasteiger partial charge in [0, 0.05) is 19.8 Å². The van der Waals surface area contributed by atoms with Crippen LogP contribution in [0.25, 0.3) is 0 Å². The molecule has 9 heteroatoms. The van der Waals surface area contributed by atoms with Crippen LogP contribution >= 0.6 is 0 Å². The Morgan fingerprint density at radius 1 is 1.15 bits per heavy atom. The molecule has 0 unspecified atom stereocenters. The number of hydrogen-bond donors (Lipinski definition) is 2. The zero-order valence-electron chi connectivity index (χ0n) is 15.7. The Balaban J connectivity index is 3.26. The monoisotopic (exact) mass is 373 g/mol. The summed E-state index contributed by atoms with van der Waals surface area (Å²) < 4.78 is 21.0. The van der Waals surface area contributed by atoms with Gasteiger partial charge in [-0.1, -0.05) is 6.92 Å². The molecule has 1 aromatic rings. The minimum Gasteiger partial charge on any atom is -0.496 e. The van der Waals surface area contributed by atoms with Crippen molar-refractivity contribution in [3.05, 3.63) is 27.8 Å². The molecule has 0 amide bonds. The van der Waals surface area contributed by atoms with Crippen molar-refractivity contribution in [2.45, 2.75) is 31.7 Å². The average molecular weight is 373 g/mol. The van der Waals surface area contributed by atoms with Crippen molar-refractivity contribution in [3.63, 3.8) is 0 Å². The second-order valence-electron chi connectivity index (χ2n) is 5.92. The summed E-state index contributed by atoms with van der Waals surface area (Å²) >= 11 is 0. The lowest BCUT2D eigenvalue weighted by Crippen LogP contribution is -2.34. The minimum absolute atomic E-state index is 0.0782. The highest BCUT2D eigenvalue weighted by Gasteiger charge is 2.31. The second kappa shape index (κ2) is 10.3. The first-order chi connectivity index (χ1) is 12.3. The zero-order chi connectivity index (χ0) is 19.9. The number of rotatable bonds is 11. The van der Waals surface area contributed by atoms with Gasteiger partial charge in [-0.15, -0.1) is 0 Å². The predicted octanol–water partition coefficient (Wildman–Crippen LogP) is 1.69. The molecule has 4 atom stereocenters. The van der Waals surface area contributed by atoms with Crippen molar-refractivity contribution in [3.8, 4) is 11.5 Å². The molecule has 1 rings (SSSR count). The Morgan fingerprint density at radius 2 is 1.81 bits per heavy atom. The lowest BCUT2D eigenvalue weighted by Gasteiger charge is -2.28. The summed E-state index contributed by atoms with van der Waals surface area (Å²) in [7, 11) is 5.63. The molecule has 0 aromatic heterocycles. The van der Waals surface area contributed by atoms with Gasteiger partial charge in [0.1, 0.15) is 11.9 Å². The highest BCUT2D eigenvalue weighted by Crippen LogP contribution is 2.42. The van der Waals surface area contributed by atoms with Crippen LogP contribution in [0.3, 0.4) is 0 Å². The number of nitrogens with zero attached hydrogens (tertiary/aromatic N) is 1. The van der Waals surface area contributed by atoms with Crippen LogP contribution < -0.4 is 9.47 Å². The van der Waals surface area contributed by atoms with E-state index < -0.39 is 23.2 Å². The molecule has 0 spiro atoms. The maximum atomic E-state index is 11.4. The molecule has 2 N–H and O–H groups in total. The van der Waals surface area contributed by atoms with Crippen LogP contribution in [0.2, 0.25) is 0 Å². The van der Waals surface area contributed by atoms with E-state index in [4.69, 9.17) is 18.9 Å². The van der Waals surface area contributed by atoms with Gasteiger partial charge in [0.2, 0.25) is 5.75 Å². The van der Waals surface area contributed by atoms with Crippen molar-refractivity contribution in [2.75, 3.05) is 35.0 Å². The molecular weight excluding hydrogens is 346 g/mol. The summed E-state index contributed by atoms with van der Waals surface area (Å²) in [5.41, 5.74) is 0.209. The molecule has 1 aromatic carbocycles. The fourth-order valence-electron chi connectivity index (χ4n) is 2.97. The molecule has 0 saturated heterocycles. The molecule has 0 aliphatic carbocycles. The van der Waals surface area contributed by atoms with Crippen LogP contribution in [0, 0.1) is 16.0 Å². The van der Waals surface area contributed by atoms with E-state index in [-0.39, 0.29) is 30.4 Å². The van der Waals surface area contributed by atoms with Gasteiger partial charge in [-0.3, -0.25) is 10.1 Å². The molecule has 0 aliphatic heterocycles. The number of aliphatic hydroxyl groups excluding tert-OH is 2. The quantitative estimate of drug-likeness (QED) is 0.444. The van der Waals surface area contributed by atoms with Gasteiger partial charge in [0.25, 0.3) is 0 Å². The number of methoxy groups -OCH3 is 4. The highest BCUT2D eigenvalue weighted by atomic mass is 16.6. The van der Waals surface area contributed by atoms with Gasteiger partial charge in [-0.05, 0) is 18.4 Å². The van der Waals surface area contributed by atoms with Crippen LogP contribution in [-0.2, 0) is 9.47 Å². The molecule has 0 saturated carbocycles. The van der Waals surface area contributed by atoms with Crippen molar-refractivity contribution in [1.29, 1.82) is 0 Å². The maximum Gasteiger partial charge on any atom is 0.315 e. The largest absolute Gasteiger partial charge is 0.496 e. The maximum absolute atomic E-state index is 11.4. The van der Waals surface area contributed by atoms with Crippen LogP contribution in [0.15, 0.2) is 12.1 Å². The van der Waals surface area contributed by atoms with Crippen LogP contribution in [-0.4, -0.2) is 62.4 Å². The van der Waals surface area contributed by atoms with Crippen molar-refractivity contribution >= 4 is 5.69 Å². The summed E-state index contributed by atoms with van der Waals surface area (Å²) in [4.78, 5) is 10.8. The lowest BCUT2D eigenvalue weighted by atomic mass is 9.89. The normalized spacial score (nSPS) is 15.8. The second-order valence-corrected chi connectivity index (χ2v) is 5.92. The summed E-state index contributed by atoms with van der Waals surface area (Å²) in [6.45, 7) is 1.50. The third-order valence-corrected chi connectivity index (χ3v) is 4.31. The summed E-state index contributed by atoms with van der Waals surface area (Å²) in [6, 6.07) is 2.89. The molecule has 9 nitrogen and oxygen atoms in total. The van der Waals surface area contributed by atoms with E-state index in [1.54, 1.807) is 6.07 Å². The van der Waals surface area contributed by atoms with Crippen LogP contribution in [0.5, 0.6) is 11.5 Å². The smallest absolute Gasteiger partial charge is 0.315 e. The number of hydrogen-bond acceptors (Lipinski definition) is 8. The molecule has 0 radical (unpaired) electrons. The molecule has 26 heavy (non-hydrogen) atoms. The Kier molecular flexibility index (Phi) is 8.73. The Hall–Kier alpha value is -1.94. The lowest BCUT2D eigenvalue weighted by molar-refractivity contribution is -0.385. The Labute approximate surface area is 152 Å². The van der Waals surface area contributed by atoms with Crippen molar-refractivity contribution in [1.82, 2.24) is 0 Å². The van der Waals surface area contributed by atoms with E-state index in [0.717, 1.165) is 0 Å². The van der Waals surface area contributed by atoms with E-state index in [1.165, 1.54) is 34.5 Å². The predicted molar refractivity (Wildman–Crippen MR) is 93.6 cm³/mol. The zero-order valence-corrected chi connectivity index (χ0v) is 15.7. The summed E-state index contributed by atoms with van der Waals surface area (Å²) in [6.07, 6.45) is -2.02. The third-order valence-electron chi connectivity index (χ3n) is 4.31. The minimum atomic E-state index is -0.927. The van der Waals surface area contributed by atoms with Crippen molar-refractivity contribution in [2.24, 2.45) is 5.92 Å². The SMILES string of the molecule is COc1cc([C@H](OC)[C@@H](C)C[C@H](O)[C@@H](CO)OC)c(OC)c([N+](=O)[O-])c1. The van der Waals surface area contributed by atoms with E-state index >= 15 is 0 Å². The standard InChI is InChI=1S/C17H27NO8/c1-10(6-14(20)15(9-19)24-3)16(25-4)12-7-11(23-2)8-13(18(21)22)17(12)26-5/h7-8,10,14-16,19-20H,6,9H2,1-5H3/t10-,14-,15+,16+/m0/s1. The van der Waals surface area contributed by atoms with Gasteiger partial charge < -0.3 is 29.2 Å². The van der Waals surface area contributed by atoms with Gasteiger partial charge in [0.05, 0.1) is 44.0 Å². The first-order valence-corrected chi connectivity index (χ1v) is 8.09. The van der Waals surface area contributed by atoms with E-state index in [1.807, 2.05) is 6.92 Å². The fourth-order valence-corrected chi connectivity index (χ4v) is 2.97. The molecule has 0 heterocycles. The Morgan fingerprint density at radius 3 is 2.23 bits per heavy atom. The van der Waals surface area contributed by atoms with Crippen molar-refractivity contribution < 1.29 is 34.1 Å². The van der Waals surface area contributed by atoms with E-state index in [0.29, 0.717) is 11.3 Å². The molecule has 0 aliphatic rings. The topological polar surface area (TPSA) is 121 Å². The summed E-state index contributed by atoms with van der Waals surface area (Å²) in [5, 5.41) is 30.8. The Bertz CT molecular complexity index is 590. The molecule has 0 bridgehead atoms. The van der Waals surface area contributed by atoms with Gasteiger partial charge in [-0.2, -0.15) is 0 Å². The van der Waals surface area contributed by atoms with Crippen LogP contribution in [0.1, 0.15) is 25.0 Å². The fraction of sp³-hybridized carbons (Fsp3) is 0.647. The first-order valence-electron chi connectivity index (χ1n) is 8.09. The number of nitro benzene ring substituents is 1.